The van der Waals surface area contributed by atoms with Crippen molar-refractivity contribution >= 4 is 33.5 Å². The number of pyridine rings is 1. The molecular formula is C26H32N4O3S. The quantitative estimate of drug-likeness (QED) is 0.557. The highest BCUT2D eigenvalue weighted by Gasteiger charge is 2.24. The van der Waals surface area contributed by atoms with Crippen LogP contribution in [0.1, 0.15) is 28.4 Å². The predicted octanol–water partition coefficient (Wildman–Crippen LogP) is 3.78. The first-order valence-corrected chi connectivity index (χ1v) is 12.7. The van der Waals surface area contributed by atoms with Crippen LogP contribution in [0.4, 0.5) is 5.69 Å². The maximum absolute atomic E-state index is 13.3. The largest absolute Gasteiger partial charge is 0.380 e. The minimum absolute atomic E-state index is 0.0155. The molecule has 4 rings (SSSR count). The number of aryl methyl sites for hydroxylation is 2. The Morgan fingerprint density at radius 1 is 1.12 bits per heavy atom. The van der Waals surface area contributed by atoms with Crippen LogP contribution in [-0.2, 0) is 15.7 Å². The van der Waals surface area contributed by atoms with E-state index in [4.69, 9.17) is 4.74 Å². The number of anilines is 1. The van der Waals surface area contributed by atoms with Crippen molar-refractivity contribution in [2.75, 3.05) is 44.6 Å². The molecule has 0 spiro atoms. The van der Waals surface area contributed by atoms with E-state index in [2.05, 4.69) is 21.5 Å². The van der Waals surface area contributed by atoms with Crippen LogP contribution in [-0.4, -0.2) is 70.8 Å². The van der Waals surface area contributed by atoms with Crippen LogP contribution in [0.15, 0.2) is 53.6 Å². The standard InChI is InChI=1S/C26H32N4O3S/c1-18-8-10-24(25-22(18)6-5-11-27-25)28-34(32)21-9-7-19(2)23(16-21)26(31)30-14-12-29(13-15-30)17-20(3)33-4/h5-11,16,20,28H,12-15,17H2,1-4H3. The van der Waals surface area contributed by atoms with E-state index in [-0.39, 0.29) is 12.0 Å². The molecule has 2 unspecified atom stereocenters. The SMILES string of the molecule is COC(C)CN1CCN(C(=O)c2cc(S(=O)Nc3ccc(C)c4cccnc34)ccc2C)CC1. The average molecular weight is 481 g/mol. The van der Waals surface area contributed by atoms with Crippen LogP contribution < -0.4 is 4.72 Å². The fraction of sp³-hybridized carbons (Fsp3) is 0.385. The number of benzene rings is 2. The monoisotopic (exact) mass is 480 g/mol. The Bertz CT molecular complexity index is 1210. The smallest absolute Gasteiger partial charge is 0.254 e. The van der Waals surface area contributed by atoms with E-state index in [9.17, 15) is 9.00 Å². The van der Waals surface area contributed by atoms with E-state index in [1.165, 1.54) is 0 Å². The van der Waals surface area contributed by atoms with E-state index in [0.717, 1.165) is 41.7 Å². The zero-order chi connectivity index (χ0) is 24.2. The number of nitrogens with zero attached hydrogens (tertiary/aromatic N) is 3. The number of ether oxygens (including phenoxy) is 1. The highest BCUT2D eigenvalue weighted by atomic mass is 32.2. The van der Waals surface area contributed by atoms with Gasteiger partial charge in [0.2, 0.25) is 0 Å². The first-order chi connectivity index (χ1) is 16.4. The molecule has 1 fully saturated rings. The first kappa shape index (κ1) is 24.3. The maximum atomic E-state index is 13.3. The van der Waals surface area contributed by atoms with E-state index >= 15 is 0 Å². The average Bonchev–Trinajstić information content (AvgIpc) is 2.86. The molecule has 1 saturated heterocycles. The predicted molar refractivity (Wildman–Crippen MR) is 137 cm³/mol. The normalized spacial score (nSPS) is 16.4. The molecule has 1 amide bonds. The summed E-state index contributed by atoms with van der Waals surface area (Å²) >= 11 is 0. The summed E-state index contributed by atoms with van der Waals surface area (Å²) in [5.41, 5.74) is 4.07. The van der Waals surface area contributed by atoms with Crippen LogP contribution in [0, 0.1) is 13.8 Å². The molecule has 1 aliphatic rings. The van der Waals surface area contributed by atoms with E-state index in [0.29, 0.717) is 29.2 Å². The molecule has 2 aromatic carbocycles. The van der Waals surface area contributed by atoms with Gasteiger partial charge in [0, 0.05) is 57.0 Å². The summed E-state index contributed by atoms with van der Waals surface area (Å²) < 4.78 is 21.7. The van der Waals surface area contributed by atoms with Gasteiger partial charge in [-0.1, -0.05) is 18.2 Å². The van der Waals surface area contributed by atoms with Crippen molar-refractivity contribution in [3.05, 3.63) is 65.4 Å². The Morgan fingerprint density at radius 3 is 2.59 bits per heavy atom. The Balaban J connectivity index is 1.49. The summed E-state index contributed by atoms with van der Waals surface area (Å²) in [7, 11) is 0.186. The van der Waals surface area contributed by atoms with E-state index in [1.807, 2.05) is 55.1 Å². The second-order valence-corrected chi connectivity index (χ2v) is 10.0. The van der Waals surface area contributed by atoms with Gasteiger partial charge in [-0.25, -0.2) is 4.21 Å². The Kier molecular flexibility index (Phi) is 7.60. The second kappa shape index (κ2) is 10.6. The molecule has 1 N–H and O–H groups in total. The number of amides is 1. The van der Waals surface area contributed by atoms with Crippen molar-refractivity contribution in [3.8, 4) is 0 Å². The van der Waals surface area contributed by atoms with Gasteiger partial charge in [0.25, 0.3) is 5.91 Å². The number of carbonyl (C=O) groups excluding carboxylic acids is 1. The van der Waals surface area contributed by atoms with Crippen molar-refractivity contribution in [1.29, 1.82) is 0 Å². The van der Waals surface area contributed by atoms with Crippen molar-refractivity contribution < 1.29 is 13.7 Å². The lowest BCUT2D eigenvalue weighted by Gasteiger charge is -2.36. The number of rotatable bonds is 7. The molecule has 0 aliphatic carbocycles. The summed E-state index contributed by atoms with van der Waals surface area (Å²) in [5, 5.41) is 1.02. The van der Waals surface area contributed by atoms with E-state index in [1.54, 1.807) is 19.4 Å². The van der Waals surface area contributed by atoms with Crippen molar-refractivity contribution in [1.82, 2.24) is 14.8 Å². The minimum atomic E-state index is -1.53. The number of hydrogen-bond acceptors (Lipinski definition) is 5. The van der Waals surface area contributed by atoms with Gasteiger partial charge >= 0.3 is 0 Å². The Labute approximate surface area is 203 Å². The fourth-order valence-electron chi connectivity index (χ4n) is 4.25. The number of piperazine rings is 1. The molecule has 8 heteroatoms. The summed E-state index contributed by atoms with van der Waals surface area (Å²) in [6, 6.07) is 13.2. The van der Waals surface area contributed by atoms with Crippen molar-refractivity contribution in [2.45, 2.75) is 31.8 Å². The lowest BCUT2D eigenvalue weighted by Crippen LogP contribution is -2.50. The molecule has 34 heavy (non-hydrogen) atoms. The lowest BCUT2D eigenvalue weighted by atomic mass is 10.1. The molecule has 1 aromatic heterocycles. The number of aromatic nitrogens is 1. The molecular weight excluding hydrogens is 448 g/mol. The molecule has 7 nitrogen and oxygen atoms in total. The molecule has 0 bridgehead atoms. The van der Waals surface area contributed by atoms with Crippen LogP contribution in [0.2, 0.25) is 0 Å². The highest BCUT2D eigenvalue weighted by molar-refractivity contribution is 7.86. The van der Waals surface area contributed by atoms with Gasteiger partial charge in [-0.3, -0.25) is 19.4 Å². The topological polar surface area (TPSA) is 74.8 Å². The highest BCUT2D eigenvalue weighted by Crippen LogP contribution is 2.26. The maximum Gasteiger partial charge on any atom is 0.254 e. The molecule has 0 radical (unpaired) electrons. The number of nitrogens with one attached hydrogen (secondary N) is 1. The number of fused-ring (bicyclic) bond motifs is 1. The van der Waals surface area contributed by atoms with Gasteiger partial charge < -0.3 is 9.64 Å². The fourth-order valence-corrected chi connectivity index (χ4v) is 5.14. The summed E-state index contributed by atoms with van der Waals surface area (Å²) in [6.45, 7) is 9.83. The summed E-state index contributed by atoms with van der Waals surface area (Å²) in [6.07, 6.45) is 1.90. The van der Waals surface area contributed by atoms with Crippen LogP contribution in [0.3, 0.4) is 0 Å². The van der Waals surface area contributed by atoms with Gasteiger partial charge in [0.1, 0.15) is 11.0 Å². The lowest BCUT2D eigenvalue weighted by molar-refractivity contribution is 0.0443. The summed E-state index contributed by atoms with van der Waals surface area (Å²) in [5.74, 6) is -0.0155. The third-order valence-electron chi connectivity index (χ3n) is 6.42. The second-order valence-electron chi connectivity index (χ2n) is 8.82. The molecule has 180 valence electrons. The molecule has 3 aromatic rings. The third kappa shape index (κ3) is 5.29. The third-order valence-corrected chi connectivity index (χ3v) is 7.51. The number of carbonyl (C=O) groups is 1. The zero-order valence-electron chi connectivity index (χ0n) is 20.2. The van der Waals surface area contributed by atoms with Gasteiger partial charge in [-0.15, -0.1) is 0 Å². The first-order valence-electron chi connectivity index (χ1n) is 11.5. The van der Waals surface area contributed by atoms with Gasteiger partial charge in [0.15, 0.2) is 0 Å². The zero-order valence-corrected chi connectivity index (χ0v) is 21.0. The van der Waals surface area contributed by atoms with Gasteiger partial charge in [-0.05, 0) is 56.2 Å². The van der Waals surface area contributed by atoms with Crippen molar-refractivity contribution in [3.63, 3.8) is 0 Å². The van der Waals surface area contributed by atoms with Gasteiger partial charge in [0.05, 0.1) is 22.2 Å². The molecule has 1 aliphatic heterocycles. The Morgan fingerprint density at radius 2 is 1.85 bits per heavy atom. The van der Waals surface area contributed by atoms with Crippen LogP contribution >= 0.6 is 0 Å². The van der Waals surface area contributed by atoms with E-state index < -0.39 is 11.0 Å². The van der Waals surface area contributed by atoms with Gasteiger partial charge in [-0.2, -0.15) is 0 Å². The Hall–Kier alpha value is -2.81. The van der Waals surface area contributed by atoms with Crippen LogP contribution in [0.25, 0.3) is 10.9 Å². The molecule has 0 saturated carbocycles. The number of hydrogen-bond donors (Lipinski definition) is 1. The minimum Gasteiger partial charge on any atom is -0.380 e. The van der Waals surface area contributed by atoms with Crippen molar-refractivity contribution in [2.24, 2.45) is 0 Å². The van der Waals surface area contributed by atoms with Crippen LogP contribution in [0.5, 0.6) is 0 Å². The molecule has 2 heterocycles. The molecule has 2 atom stereocenters. The summed E-state index contributed by atoms with van der Waals surface area (Å²) in [4.78, 5) is 22.5. The number of methoxy groups -OCH3 is 1.